The lowest BCUT2D eigenvalue weighted by Gasteiger charge is -2.10. The largest absolute Gasteiger partial charge is 0.497 e. The van der Waals surface area contributed by atoms with Crippen molar-refractivity contribution in [3.05, 3.63) is 46.8 Å². The molecule has 0 unspecified atom stereocenters. The van der Waals surface area contributed by atoms with E-state index in [-0.39, 0.29) is 5.91 Å². The number of aromatic nitrogens is 1. The molecule has 0 saturated heterocycles. The summed E-state index contributed by atoms with van der Waals surface area (Å²) < 4.78 is 10.4. The smallest absolute Gasteiger partial charge is 0.275 e. The predicted octanol–water partition coefficient (Wildman–Crippen LogP) is 4.14. The molecule has 5 nitrogen and oxygen atoms in total. The molecule has 23 heavy (non-hydrogen) atoms. The van der Waals surface area contributed by atoms with E-state index in [9.17, 15) is 4.79 Å². The minimum atomic E-state index is -0.271. The van der Waals surface area contributed by atoms with Gasteiger partial charge in [0.1, 0.15) is 22.2 Å². The average molecular weight is 346 g/mol. The van der Waals surface area contributed by atoms with Crippen LogP contribution in [0.25, 0.3) is 9.88 Å². The summed E-state index contributed by atoms with van der Waals surface area (Å²) in [5.41, 5.74) is 0.959. The van der Waals surface area contributed by atoms with Crippen molar-refractivity contribution in [1.82, 2.24) is 4.98 Å². The molecular weight excluding hydrogens is 332 g/mol. The number of methoxy groups -OCH3 is 2. The van der Waals surface area contributed by atoms with Crippen molar-refractivity contribution >= 4 is 34.3 Å². The number of nitrogens with zero attached hydrogens (tertiary/aromatic N) is 1. The van der Waals surface area contributed by atoms with Gasteiger partial charge in [-0.05, 0) is 23.6 Å². The molecule has 7 heteroatoms. The van der Waals surface area contributed by atoms with E-state index in [2.05, 4.69) is 10.3 Å². The molecule has 0 aliphatic rings. The van der Waals surface area contributed by atoms with Crippen LogP contribution in [0.15, 0.2) is 41.1 Å². The number of rotatable bonds is 5. The van der Waals surface area contributed by atoms with Gasteiger partial charge in [-0.15, -0.1) is 22.7 Å². The van der Waals surface area contributed by atoms with E-state index in [1.165, 1.54) is 11.3 Å². The summed E-state index contributed by atoms with van der Waals surface area (Å²) >= 11 is 3.05. The normalized spacial score (nSPS) is 10.3. The van der Waals surface area contributed by atoms with Gasteiger partial charge >= 0.3 is 0 Å². The Balaban J connectivity index is 1.79. The van der Waals surface area contributed by atoms with E-state index >= 15 is 0 Å². The summed E-state index contributed by atoms with van der Waals surface area (Å²) in [6.07, 6.45) is 0. The summed E-state index contributed by atoms with van der Waals surface area (Å²) in [5, 5.41) is 7.39. The van der Waals surface area contributed by atoms with Gasteiger partial charge in [-0.25, -0.2) is 4.98 Å². The third-order valence-corrected chi connectivity index (χ3v) is 5.01. The number of anilines is 1. The molecule has 0 aliphatic heterocycles. The molecule has 2 heterocycles. The number of hydrogen-bond acceptors (Lipinski definition) is 6. The fourth-order valence-corrected chi connectivity index (χ4v) is 3.59. The van der Waals surface area contributed by atoms with Crippen LogP contribution in [0.5, 0.6) is 11.5 Å². The lowest BCUT2D eigenvalue weighted by Crippen LogP contribution is -2.13. The summed E-state index contributed by atoms with van der Waals surface area (Å²) in [5.74, 6) is 0.924. The van der Waals surface area contributed by atoms with Crippen LogP contribution in [0.1, 0.15) is 10.5 Å². The molecule has 0 spiro atoms. The van der Waals surface area contributed by atoms with Crippen molar-refractivity contribution in [2.75, 3.05) is 19.5 Å². The number of carbonyl (C=O) groups is 1. The molecule has 0 fully saturated rings. The summed E-state index contributed by atoms with van der Waals surface area (Å²) in [4.78, 5) is 17.8. The Morgan fingerprint density at radius 3 is 2.74 bits per heavy atom. The molecule has 118 valence electrons. The van der Waals surface area contributed by atoms with E-state index in [0.29, 0.717) is 22.9 Å². The minimum Gasteiger partial charge on any atom is -0.497 e. The first kappa shape index (κ1) is 15.5. The summed E-state index contributed by atoms with van der Waals surface area (Å²) in [6.45, 7) is 0. The van der Waals surface area contributed by atoms with E-state index in [1.54, 1.807) is 49.1 Å². The van der Waals surface area contributed by atoms with Crippen molar-refractivity contribution in [3.8, 4) is 21.4 Å². The van der Waals surface area contributed by atoms with Gasteiger partial charge in [0.25, 0.3) is 5.91 Å². The highest BCUT2D eigenvalue weighted by Crippen LogP contribution is 2.31. The molecule has 1 aromatic carbocycles. The third kappa shape index (κ3) is 3.35. The van der Waals surface area contributed by atoms with Crippen molar-refractivity contribution in [1.29, 1.82) is 0 Å². The molecule has 2 aromatic heterocycles. The van der Waals surface area contributed by atoms with E-state index in [4.69, 9.17) is 9.47 Å². The maximum absolute atomic E-state index is 12.4. The second kappa shape index (κ2) is 6.80. The van der Waals surface area contributed by atoms with Crippen LogP contribution in [-0.2, 0) is 0 Å². The Morgan fingerprint density at radius 1 is 1.17 bits per heavy atom. The number of hydrogen-bond donors (Lipinski definition) is 1. The Labute approximate surface area is 141 Å². The monoisotopic (exact) mass is 346 g/mol. The molecular formula is C16H14N2O3S2. The number of thiophene rings is 1. The van der Waals surface area contributed by atoms with Gasteiger partial charge in [0.15, 0.2) is 0 Å². The predicted molar refractivity (Wildman–Crippen MR) is 92.9 cm³/mol. The fraction of sp³-hybridized carbons (Fsp3) is 0.125. The summed E-state index contributed by atoms with van der Waals surface area (Å²) in [7, 11) is 3.12. The topological polar surface area (TPSA) is 60.5 Å². The zero-order valence-corrected chi connectivity index (χ0v) is 14.2. The highest BCUT2D eigenvalue weighted by molar-refractivity contribution is 7.20. The van der Waals surface area contributed by atoms with Crippen molar-refractivity contribution in [2.45, 2.75) is 0 Å². The van der Waals surface area contributed by atoms with Crippen LogP contribution in [0.3, 0.4) is 0 Å². The highest BCUT2D eigenvalue weighted by Gasteiger charge is 2.15. The number of ether oxygens (including phenoxy) is 2. The molecule has 3 aromatic rings. The summed E-state index contributed by atoms with van der Waals surface area (Å²) in [6, 6.07) is 9.16. The average Bonchev–Trinajstić information content (AvgIpc) is 3.26. The first-order valence-corrected chi connectivity index (χ1v) is 8.50. The van der Waals surface area contributed by atoms with Gasteiger partial charge < -0.3 is 14.8 Å². The van der Waals surface area contributed by atoms with Crippen LogP contribution < -0.4 is 14.8 Å². The number of carbonyl (C=O) groups excluding carboxylic acids is 1. The minimum absolute atomic E-state index is 0.271. The lowest BCUT2D eigenvalue weighted by atomic mass is 10.2. The van der Waals surface area contributed by atoms with Crippen LogP contribution in [0, 0.1) is 0 Å². The molecule has 0 saturated carbocycles. The van der Waals surface area contributed by atoms with Gasteiger partial charge in [-0.2, -0.15) is 0 Å². The molecule has 1 N–H and O–H groups in total. The standard InChI is InChI=1S/C16H14N2O3S2/c1-20-10-5-6-11(13(8-10)21-2)17-15(19)12-9-23-16(18-12)14-4-3-7-22-14/h3-9H,1-2H3,(H,17,19). The zero-order valence-electron chi connectivity index (χ0n) is 12.5. The fourth-order valence-electron chi connectivity index (χ4n) is 1.98. The van der Waals surface area contributed by atoms with Gasteiger partial charge in [0.05, 0.1) is 24.8 Å². The Morgan fingerprint density at radius 2 is 2.04 bits per heavy atom. The Bertz CT molecular complexity index is 813. The van der Waals surface area contributed by atoms with Crippen molar-refractivity contribution < 1.29 is 14.3 Å². The SMILES string of the molecule is COc1ccc(NC(=O)c2csc(-c3cccs3)n2)c(OC)c1. The van der Waals surface area contributed by atoms with Crippen LogP contribution in [0.4, 0.5) is 5.69 Å². The van der Waals surface area contributed by atoms with Gasteiger partial charge in [0.2, 0.25) is 0 Å². The Kier molecular flexibility index (Phi) is 4.59. The van der Waals surface area contributed by atoms with Crippen LogP contribution >= 0.6 is 22.7 Å². The molecule has 0 atom stereocenters. The van der Waals surface area contributed by atoms with Gasteiger partial charge in [-0.1, -0.05) is 6.07 Å². The highest BCUT2D eigenvalue weighted by atomic mass is 32.1. The van der Waals surface area contributed by atoms with Gasteiger partial charge in [0, 0.05) is 11.4 Å². The lowest BCUT2D eigenvalue weighted by molar-refractivity contribution is 0.102. The zero-order chi connectivity index (χ0) is 16.2. The Hall–Kier alpha value is -2.38. The molecule has 3 rings (SSSR count). The first-order valence-electron chi connectivity index (χ1n) is 6.74. The van der Waals surface area contributed by atoms with Gasteiger partial charge in [-0.3, -0.25) is 4.79 Å². The van der Waals surface area contributed by atoms with Crippen molar-refractivity contribution in [2.24, 2.45) is 0 Å². The van der Waals surface area contributed by atoms with E-state index in [0.717, 1.165) is 9.88 Å². The maximum atomic E-state index is 12.4. The molecule has 0 radical (unpaired) electrons. The number of amides is 1. The molecule has 1 amide bonds. The molecule has 0 aliphatic carbocycles. The number of benzene rings is 1. The number of thiazole rings is 1. The van der Waals surface area contributed by atoms with Crippen molar-refractivity contribution in [3.63, 3.8) is 0 Å². The number of nitrogens with one attached hydrogen (secondary N) is 1. The molecule has 0 bridgehead atoms. The first-order chi connectivity index (χ1) is 11.2. The van der Waals surface area contributed by atoms with Crippen LogP contribution in [0.2, 0.25) is 0 Å². The quantitative estimate of drug-likeness (QED) is 0.754. The second-order valence-corrected chi connectivity index (χ2v) is 6.34. The van der Waals surface area contributed by atoms with Crippen LogP contribution in [-0.4, -0.2) is 25.1 Å². The maximum Gasteiger partial charge on any atom is 0.275 e. The third-order valence-electron chi connectivity index (χ3n) is 3.13. The van der Waals surface area contributed by atoms with E-state index < -0.39 is 0 Å². The second-order valence-electron chi connectivity index (χ2n) is 4.54. The van der Waals surface area contributed by atoms with E-state index in [1.807, 2.05) is 17.5 Å².